The van der Waals surface area contributed by atoms with Crippen LogP contribution in [0.15, 0.2) is 0 Å². The van der Waals surface area contributed by atoms with Crippen molar-refractivity contribution in [3.63, 3.8) is 0 Å². The summed E-state index contributed by atoms with van der Waals surface area (Å²) in [6, 6.07) is 0. The van der Waals surface area contributed by atoms with Crippen molar-refractivity contribution < 1.29 is 14.3 Å². The van der Waals surface area contributed by atoms with E-state index in [1.807, 2.05) is 0 Å². The number of nitrogens with one attached hydrogen (secondary N) is 2. The van der Waals surface area contributed by atoms with Crippen LogP contribution in [0.25, 0.3) is 0 Å². The molecule has 0 aromatic rings. The van der Waals surface area contributed by atoms with Crippen molar-refractivity contribution >= 4 is 11.8 Å². The molecule has 3 heterocycles. The Labute approximate surface area is 156 Å². The Morgan fingerprint density at radius 3 is 2.69 bits per heavy atom. The lowest BCUT2D eigenvalue weighted by molar-refractivity contribution is -0.132. The first kappa shape index (κ1) is 18.2. The number of hydrogen-bond acceptors (Lipinski definition) is 4. The van der Waals surface area contributed by atoms with Crippen molar-refractivity contribution in [1.82, 2.24) is 15.5 Å². The van der Waals surface area contributed by atoms with Gasteiger partial charge in [-0.05, 0) is 25.7 Å². The van der Waals surface area contributed by atoms with Gasteiger partial charge >= 0.3 is 0 Å². The molecule has 146 valence electrons. The second kappa shape index (κ2) is 6.79. The molecule has 0 aromatic carbocycles. The molecule has 4 atom stereocenters. The summed E-state index contributed by atoms with van der Waals surface area (Å²) >= 11 is 0. The number of carbonyl (C=O) groups excluding carboxylic acids is 2. The van der Waals surface area contributed by atoms with Gasteiger partial charge in [-0.15, -0.1) is 0 Å². The van der Waals surface area contributed by atoms with Crippen LogP contribution in [-0.4, -0.2) is 61.6 Å². The Morgan fingerprint density at radius 2 is 1.96 bits per heavy atom. The highest BCUT2D eigenvalue weighted by molar-refractivity contribution is 5.82. The molecule has 1 saturated carbocycles. The van der Waals surface area contributed by atoms with Crippen molar-refractivity contribution in [2.75, 3.05) is 33.2 Å². The Balaban J connectivity index is 1.37. The summed E-state index contributed by atoms with van der Waals surface area (Å²) in [6.07, 6.45) is 8.07. The van der Waals surface area contributed by atoms with Gasteiger partial charge in [0.1, 0.15) is 0 Å². The number of rotatable bonds is 5. The number of likely N-dealkylation sites (tertiary alicyclic amines) is 1. The third kappa shape index (κ3) is 3.05. The molecule has 2 bridgehead atoms. The smallest absolute Gasteiger partial charge is 0.233 e. The molecule has 6 heteroatoms. The molecule has 4 fully saturated rings. The largest absolute Gasteiger partial charge is 0.370 e. The minimum atomic E-state index is -0.185. The van der Waals surface area contributed by atoms with Crippen LogP contribution in [0.1, 0.15) is 51.9 Å². The van der Waals surface area contributed by atoms with Gasteiger partial charge in [0.25, 0.3) is 0 Å². The van der Waals surface area contributed by atoms with Gasteiger partial charge in [-0.25, -0.2) is 0 Å². The molecular formula is C20H33N3O3. The second-order valence-electron chi connectivity index (χ2n) is 9.20. The maximum atomic E-state index is 12.8. The van der Waals surface area contributed by atoms with E-state index in [2.05, 4.69) is 22.5 Å². The fourth-order valence-electron chi connectivity index (χ4n) is 5.95. The van der Waals surface area contributed by atoms with Crippen LogP contribution in [0.5, 0.6) is 0 Å². The molecule has 0 aromatic heterocycles. The summed E-state index contributed by atoms with van der Waals surface area (Å²) in [5, 5.41) is 5.99. The van der Waals surface area contributed by atoms with Crippen LogP contribution >= 0.6 is 0 Å². The van der Waals surface area contributed by atoms with Gasteiger partial charge in [0.15, 0.2) is 0 Å². The Morgan fingerprint density at radius 1 is 1.19 bits per heavy atom. The average Bonchev–Trinajstić information content (AvgIpc) is 3.28. The fourth-order valence-corrected chi connectivity index (χ4v) is 5.95. The summed E-state index contributed by atoms with van der Waals surface area (Å²) < 4.78 is 6.42. The summed E-state index contributed by atoms with van der Waals surface area (Å²) in [7, 11) is 1.68. The van der Waals surface area contributed by atoms with Gasteiger partial charge in [-0.1, -0.05) is 26.2 Å². The third-order valence-corrected chi connectivity index (χ3v) is 7.50. The molecule has 4 aliphatic rings. The van der Waals surface area contributed by atoms with Crippen molar-refractivity contribution in [2.45, 2.75) is 63.6 Å². The summed E-state index contributed by atoms with van der Waals surface area (Å²) in [6.45, 7) is 5.05. The maximum absolute atomic E-state index is 12.8. The molecule has 26 heavy (non-hydrogen) atoms. The van der Waals surface area contributed by atoms with Crippen molar-refractivity contribution in [3.05, 3.63) is 0 Å². The molecule has 3 aliphatic heterocycles. The minimum Gasteiger partial charge on any atom is -0.370 e. The monoisotopic (exact) mass is 363 g/mol. The van der Waals surface area contributed by atoms with Crippen LogP contribution in [0, 0.1) is 17.3 Å². The Bertz CT molecular complexity index is 575. The number of nitrogens with zero attached hydrogens (tertiary/aromatic N) is 1. The molecular weight excluding hydrogens is 330 g/mol. The van der Waals surface area contributed by atoms with E-state index in [4.69, 9.17) is 4.74 Å². The van der Waals surface area contributed by atoms with Crippen molar-refractivity contribution in [1.29, 1.82) is 0 Å². The Hall–Kier alpha value is -1.14. The van der Waals surface area contributed by atoms with Crippen molar-refractivity contribution in [2.24, 2.45) is 17.3 Å². The first-order valence-corrected chi connectivity index (χ1v) is 10.3. The van der Waals surface area contributed by atoms with E-state index in [0.717, 1.165) is 45.3 Å². The van der Waals surface area contributed by atoms with Gasteiger partial charge in [-0.3, -0.25) is 14.5 Å². The van der Waals surface area contributed by atoms with Gasteiger partial charge < -0.3 is 15.4 Å². The highest BCUT2D eigenvalue weighted by Crippen LogP contribution is 2.54. The number of amides is 2. The lowest BCUT2D eigenvalue weighted by Crippen LogP contribution is -2.46. The van der Waals surface area contributed by atoms with Crippen LogP contribution in [0.2, 0.25) is 0 Å². The van der Waals surface area contributed by atoms with E-state index in [0.29, 0.717) is 18.4 Å². The molecule has 1 spiro atoms. The molecule has 2 N–H and O–H groups in total. The molecule has 3 saturated heterocycles. The van der Waals surface area contributed by atoms with Crippen LogP contribution in [0.4, 0.5) is 0 Å². The second-order valence-corrected chi connectivity index (χ2v) is 9.20. The molecule has 1 aliphatic carbocycles. The van der Waals surface area contributed by atoms with E-state index >= 15 is 0 Å². The molecule has 0 unspecified atom stereocenters. The predicted octanol–water partition coefficient (Wildman–Crippen LogP) is 1.30. The molecule has 0 radical (unpaired) electrons. The molecule has 2 amide bonds. The van der Waals surface area contributed by atoms with E-state index in [-0.39, 0.29) is 28.9 Å². The van der Waals surface area contributed by atoms with Crippen LogP contribution in [0.3, 0.4) is 0 Å². The minimum absolute atomic E-state index is 0.0611. The highest BCUT2D eigenvalue weighted by Gasteiger charge is 2.62. The lowest BCUT2D eigenvalue weighted by atomic mass is 9.73. The highest BCUT2D eigenvalue weighted by atomic mass is 16.5. The SMILES string of the molecule is CNC(=O)CN1C[C@@H]2[C@H](CNC(=O)C3(C)CCCCC3)[C@H]3CC[C@]2(C1)O3. The molecule has 4 rings (SSSR count). The summed E-state index contributed by atoms with van der Waals surface area (Å²) in [5.74, 6) is 1.11. The molecule has 6 nitrogen and oxygen atoms in total. The number of hydrogen-bond donors (Lipinski definition) is 2. The maximum Gasteiger partial charge on any atom is 0.233 e. The number of likely N-dealkylation sites (N-methyl/N-ethyl adjacent to an activating group) is 1. The normalized spacial score (nSPS) is 38.2. The zero-order valence-electron chi connectivity index (χ0n) is 16.2. The standard InChI is InChI=1S/C20H33N3O3/c1-19(7-4-3-5-8-19)18(25)22-10-14-15-11-23(12-17(24)21-2)13-20(15)9-6-16(14)26-20/h14-16H,3-13H2,1-2H3,(H,21,24)(H,22,25)/t14-,15+,16+,20+/m0/s1. The fraction of sp³-hybridized carbons (Fsp3) is 0.900. The lowest BCUT2D eigenvalue weighted by Gasteiger charge is -2.34. The zero-order chi connectivity index (χ0) is 18.4. The predicted molar refractivity (Wildman–Crippen MR) is 98.5 cm³/mol. The summed E-state index contributed by atoms with van der Waals surface area (Å²) in [4.78, 5) is 26.8. The van der Waals surface area contributed by atoms with E-state index < -0.39 is 0 Å². The van der Waals surface area contributed by atoms with E-state index in [1.165, 1.54) is 19.3 Å². The zero-order valence-corrected chi connectivity index (χ0v) is 16.2. The number of carbonyl (C=O) groups is 2. The third-order valence-electron chi connectivity index (χ3n) is 7.50. The number of fused-ring (bicyclic) bond motifs is 1. The van der Waals surface area contributed by atoms with Crippen LogP contribution in [-0.2, 0) is 14.3 Å². The van der Waals surface area contributed by atoms with Gasteiger partial charge in [0.05, 0.1) is 18.2 Å². The Kier molecular flexibility index (Phi) is 4.76. The first-order valence-electron chi connectivity index (χ1n) is 10.3. The van der Waals surface area contributed by atoms with E-state index in [9.17, 15) is 9.59 Å². The summed E-state index contributed by atoms with van der Waals surface area (Å²) in [5.41, 5.74) is -0.266. The van der Waals surface area contributed by atoms with Gasteiger partial charge in [-0.2, -0.15) is 0 Å². The average molecular weight is 364 g/mol. The van der Waals surface area contributed by atoms with Gasteiger partial charge in [0.2, 0.25) is 11.8 Å². The van der Waals surface area contributed by atoms with Crippen molar-refractivity contribution in [3.8, 4) is 0 Å². The quantitative estimate of drug-likeness (QED) is 0.772. The van der Waals surface area contributed by atoms with Crippen LogP contribution < -0.4 is 10.6 Å². The van der Waals surface area contributed by atoms with Gasteiger partial charge in [0, 0.05) is 43.9 Å². The number of ether oxygens (including phenoxy) is 1. The van der Waals surface area contributed by atoms with E-state index in [1.54, 1.807) is 7.05 Å². The topological polar surface area (TPSA) is 70.7 Å². The first-order chi connectivity index (χ1) is 12.5.